The molecule has 24 heavy (non-hydrogen) atoms. The van der Waals surface area contributed by atoms with Crippen LogP contribution < -0.4 is 10.6 Å². The predicted molar refractivity (Wildman–Crippen MR) is 100 cm³/mol. The highest BCUT2D eigenvalue weighted by molar-refractivity contribution is 7.09. The van der Waals surface area contributed by atoms with Gasteiger partial charge in [0.05, 0.1) is 0 Å². The fourth-order valence-corrected chi connectivity index (χ4v) is 3.13. The number of rotatable bonds is 6. The number of carbonyl (C=O) groups excluding carboxylic acids is 1. The topological polar surface area (TPSA) is 41.1 Å². The van der Waals surface area contributed by atoms with Crippen molar-refractivity contribution in [3.05, 3.63) is 88.1 Å². The van der Waals surface area contributed by atoms with Crippen LogP contribution in [0, 0.1) is 6.92 Å². The molecule has 1 aromatic heterocycles. The molecule has 0 spiro atoms. The highest BCUT2D eigenvalue weighted by Crippen LogP contribution is 2.18. The van der Waals surface area contributed by atoms with Crippen LogP contribution in [0.4, 0.5) is 5.69 Å². The van der Waals surface area contributed by atoms with E-state index in [1.54, 1.807) is 11.3 Å². The maximum atomic E-state index is 12.8. The van der Waals surface area contributed by atoms with Gasteiger partial charge in [-0.3, -0.25) is 10.1 Å². The summed E-state index contributed by atoms with van der Waals surface area (Å²) in [5.74, 6) is -0.0541. The molecule has 0 fully saturated rings. The van der Waals surface area contributed by atoms with Crippen molar-refractivity contribution in [1.29, 1.82) is 0 Å². The Hall–Kier alpha value is -2.43. The van der Waals surface area contributed by atoms with Crippen LogP contribution in [0.2, 0.25) is 0 Å². The summed E-state index contributed by atoms with van der Waals surface area (Å²) >= 11 is 1.68. The van der Waals surface area contributed by atoms with E-state index in [1.807, 2.05) is 73.0 Å². The Morgan fingerprint density at radius 1 is 1.00 bits per heavy atom. The Kier molecular flexibility index (Phi) is 5.41. The van der Waals surface area contributed by atoms with Gasteiger partial charge in [0.1, 0.15) is 6.04 Å². The van der Waals surface area contributed by atoms with Crippen molar-refractivity contribution in [3.63, 3.8) is 0 Å². The molecule has 3 nitrogen and oxygen atoms in total. The highest BCUT2D eigenvalue weighted by Gasteiger charge is 2.20. The molecular weight excluding hydrogens is 316 g/mol. The molecule has 1 amide bonds. The van der Waals surface area contributed by atoms with Gasteiger partial charge < -0.3 is 5.32 Å². The zero-order chi connectivity index (χ0) is 16.8. The van der Waals surface area contributed by atoms with Gasteiger partial charge in [-0.25, -0.2) is 0 Å². The van der Waals surface area contributed by atoms with Crippen LogP contribution in [0.25, 0.3) is 0 Å². The largest absolute Gasteiger partial charge is 0.324 e. The summed E-state index contributed by atoms with van der Waals surface area (Å²) < 4.78 is 0. The van der Waals surface area contributed by atoms with Crippen molar-refractivity contribution < 1.29 is 4.79 Å². The number of anilines is 1. The molecule has 0 saturated carbocycles. The van der Waals surface area contributed by atoms with Gasteiger partial charge in [-0.05, 0) is 36.1 Å². The third-order valence-corrected chi connectivity index (χ3v) is 4.65. The molecule has 2 aromatic carbocycles. The fraction of sp³-hybridized carbons (Fsp3) is 0.150. The Labute approximate surface area is 146 Å². The van der Waals surface area contributed by atoms with E-state index >= 15 is 0 Å². The summed E-state index contributed by atoms with van der Waals surface area (Å²) in [4.78, 5) is 14.0. The molecule has 0 saturated heterocycles. The maximum absolute atomic E-state index is 12.8. The summed E-state index contributed by atoms with van der Waals surface area (Å²) in [6.07, 6.45) is 0. The number of aryl methyl sites for hydroxylation is 1. The summed E-state index contributed by atoms with van der Waals surface area (Å²) in [7, 11) is 0. The van der Waals surface area contributed by atoms with Gasteiger partial charge in [0, 0.05) is 17.1 Å². The molecule has 0 aliphatic carbocycles. The smallest absolute Gasteiger partial charge is 0.246 e. The monoisotopic (exact) mass is 336 g/mol. The Balaban J connectivity index is 1.75. The van der Waals surface area contributed by atoms with Crippen molar-refractivity contribution in [2.75, 3.05) is 5.32 Å². The van der Waals surface area contributed by atoms with Crippen LogP contribution in [0.15, 0.2) is 72.1 Å². The van der Waals surface area contributed by atoms with Gasteiger partial charge in [0.25, 0.3) is 0 Å². The second kappa shape index (κ2) is 7.90. The molecule has 122 valence electrons. The van der Waals surface area contributed by atoms with Gasteiger partial charge in [-0.2, -0.15) is 0 Å². The van der Waals surface area contributed by atoms with Crippen LogP contribution in [-0.4, -0.2) is 5.91 Å². The van der Waals surface area contributed by atoms with Crippen LogP contribution in [0.1, 0.15) is 22.0 Å². The zero-order valence-corrected chi connectivity index (χ0v) is 14.3. The Morgan fingerprint density at radius 2 is 1.75 bits per heavy atom. The minimum atomic E-state index is -0.394. The summed E-state index contributed by atoms with van der Waals surface area (Å²) in [6.45, 7) is 2.69. The molecule has 0 aliphatic heterocycles. The van der Waals surface area contributed by atoms with E-state index in [1.165, 1.54) is 10.4 Å². The Morgan fingerprint density at radius 3 is 2.42 bits per heavy atom. The lowest BCUT2D eigenvalue weighted by Gasteiger charge is -2.19. The van der Waals surface area contributed by atoms with E-state index in [2.05, 4.69) is 16.7 Å². The summed E-state index contributed by atoms with van der Waals surface area (Å²) in [5.41, 5.74) is 2.94. The van der Waals surface area contributed by atoms with Crippen molar-refractivity contribution in [2.24, 2.45) is 0 Å². The quantitative estimate of drug-likeness (QED) is 0.694. The first-order valence-corrected chi connectivity index (χ1v) is 8.78. The van der Waals surface area contributed by atoms with Crippen LogP contribution >= 0.6 is 11.3 Å². The van der Waals surface area contributed by atoms with Crippen molar-refractivity contribution in [2.45, 2.75) is 19.5 Å². The highest BCUT2D eigenvalue weighted by atomic mass is 32.1. The number of hydrogen-bond acceptors (Lipinski definition) is 3. The van der Waals surface area contributed by atoms with E-state index < -0.39 is 6.04 Å². The second-order valence-corrected chi connectivity index (χ2v) is 6.69. The van der Waals surface area contributed by atoms with Crippen LogP contribution in [0.5, 0.6) is 0 Å². The van der Waals surface area contributed by atoms with Crippen LogP contribution in [0.3, 0.4) is 0 Å². The first-order valence-electron chi connectivity index (χ1n) is 7.90. The van der Waals surface area contributed by atoms with Gasteiger partial charge in [0.2, 0.25) is 5.91 Å². The van der Waals surface area contributed by atoms with E-state index in [-0.39, 0.29) is 5.91 Å². The average Bonchev–Trinajstić information content (AvgIpc) is 3.12. The first-order chi connectivity index (χ1) is 11.7. The van der Waals surface area contributed by atoms with Crippen molar-refractivity contribution >= 4 is 22.9 Å². The minimum absolute atomic E-state index is 0.0541. The third kappa shape index (κ3) is 4.31. The average molecular weight is 336 g/mol. The number of carbonyl (C=O) groups is 1. The van der Waals surface area contributed by atoms with E-state index in [0.29, 0.717) is 6.54 Å². The molecule has 0 aliphatic rings. The summed E-state index contributed by atoms with van der Waals surface area (Å²) in [5, 5.41) is 8.41. The molecular formula is C20H20N2OS. The van der Waals surface area contributed by atoms with Crippen molar-refractivity contribution in [3.8, 4) is 0 Å². The van der Waals surface area contributed by atoms with E-state index in [4.69, 9.17) is 0 Å². The number of thiophene rings is 1. The lowest BCUT2D eigenvalue weighted by Crippen LogP contribution is -2.32. The number of amides is 1. The van der Waals surface area contributed by atoms with Crippen LogP contribution in [-0.2, 0) is 11.3 Å². The second-order valence-electron chi connectivity index (χ2n) is 5.66. The lowest BCUT2D eigenvalue weighted by atomic mass is 10.1. The lowest BCUT2D eigenvalue weighted by molar-refractivity contribution is -0.118. The maximum Gasteiger partial charge on any atom is 0.246 e. The number of nitrogens with one attached hydrogen (secondary N) is 2. The number of benzene rings is 2. The standard InChI is InChI=1S/C20H20N2OS/c1-15-9-11-17(12-10-15)22-20(23)19(16-6-3-2-4-7-16)21-14-18-8-5-13-24-18/h2-13,19,21H,14H2,1H3,(H,22,23)/t19-/m1/s1. The molecule has 3 rings (SSSR count). The third-order valence-electron chi connectivity index (χ3n) is 3.77. The molecule has 1 atom stereocenters. The fourth-order valence-electron chi connectivity index (χ4n) is 2.47. The summed E-state index contributed by atoms with van der Waals surface area (Å²) in [6, 6.07) is 21.3. The normalized spacial score (nSPS) is 11.9. The molecule has 1 heterocycles. The first kappa shape index (κ1) is 16.4. The molecule has 2 N–H and O–H groups in total. The molecule has 0 radical (unpaired) electrons. The van der Waals surface area contributed by atoms with Gasteiger partial charge in [0.15, 0.2) is 0 Å². The van der Waals surface area contributed by atoms with Gasteiger partial charge in [-0.15, -0.1) is 11.3 Å². The van der Waals surface area contributed by atoms with Gasteiger partial charge >= 0.3 is 0 Å². The SMILES string of the molecule is Cc1ccc(NC(=O)[C@H](NCc2cccs2)c2ccccc2)cc1. The van der Waals surface area contributed by atoms with E-state index in [9.17, 15) is 4.79 Å². The van der Waals surface area contributed by atoms with Gasteiger partial charge in [-0.1, -0.05) is 54.1 Å². The van der Waals surface area contributed by atoms with Crippen molar-refractivity contribution in [1.82, 2.24) is 5.32 Å². The molecule has 0 bridgehead atoms. The minimum Gasteiger partial charge on any atom is -0.324 e. The Bertz CT molecular complexity index is 767. The number of hydrogen-bond donors (Lipinski definition) is 2. The molecule has 3 aromatic rings. The molecule has 4 heteroatoms. The molecule has 0 unspecified atom stereocenters. The van der Waals surface area contributed by atoms with E-state index in [0.717, 1.165) is 11.3 Å². The predicted octanol–water partition coefficient (Wildman–Crippen LogP) is 4.53. The zero-order valence-electron chi connectivity index (χ0n) is 13.5.